The molecule has 0 amide bonds. The third kappa shape index (κ3) is 1.41. The molecule has 0 unspecified atom stereocenters. The van der Waals surface area contributed by atoms with Crippen LogP contribution >= 0.6 is 0 Å². The van der Waals surface area contributed by atoms with Gasteiger partial charge in [-0.25, -0.2) is 4.98 Å². The van der Waals surface area contributed by atoms with Crippen LogP contribution < -0.4 is 5.56 Å². The maximum atomic E-state index is 11.2. The van der Waals surface area contributed by atoms with Crippen molar-refractivity contribution in [1.29, 1.82) is 0 Å². The Morgan fingerprint density at radius 2 is 2.20 bits per heavy atom. The molecule has 2 aromatic rings. The minimum atomic E-state index is -0.631. The van der Waals surface area contributed by atoms with Crippen LogP contribution in [0.5, 0.6) is 0 Å². The number of aromatic amines is 1. The Hall–Kier alpha value is -2.37. The first-order valence-electron chi connectivity index (χ1n) is 4.08. The van der Waals surface area contributed by atoms with Crippen molar-refractivity contribution in [2.24, 2.45) is 5.18 Å². The number of aldehydes is 1. The summed E-state index contributed by atoms with van der Waals surface area (Å²) >= 11 is 0. The summed E-state index contributed by atoms with van der Waals surface area (Å²) in [6, 6.07) is 4.60. The summed E-state index contributed by atoms with van der Waals surface area (Å²) in [5.74, 6) is 0. The molecule has 0 saturated heterocycles. The average Bonchev–Trinajstić information content (AvgIpc) is 2.27. The number of aromatic nitrogens is 2. The van der Waals surface area contributed by atoms with Crippen LogP contribution in [-0.4, -0.2) is 16.3 Å². The summed E-state index contributed by atoms with van der Waals surface area (Å²) < 4.78 is 0. The SMILES string of the molecule is O=Cc1nc2cccc(N=O)c2[nH]c1=O. The van der Waals surface area contributed by atoms with Crippen LogP contribution in [-0.2, 0) is 0 Å². The Morgan fingerprint density at radius 1 is 1.40 bits per heavy atom. The van der Waals surface area contributed by atoms with Gasteiger partial charge in [-0.2, -0.15) is 0 Å². The fourth-order valence-corrected chi connectivity index (χ4v) is 1.26. The second-order valence-corrected chi connectivity index (χ2v) is 2.83. The number of fused-ring (bicyclic) bond motifs is 1. The lowest BCUT2D eigenvalue weighted by atomic mass is 10.2. The first-order chi connectivity index (χ1) is 7.26. The summed E-state index contributed by atoms with van der Waals surface area (Å²) in [5, 5.41) is 2.75. The van der Waals surface area contributed by atoms with E-state index in [1.54, 1.807) is 12.1 Å². The predicted molar refractivity (Wildman–Crippen MR) is 53.2 cm³/mol. The zero-order chi connectivity index (χ0) is 10.8. The molecule has 0 aliphatic heterocycles. The number of para-hydroxylation sites is 1. The Kier molecular flexibility index (Phi) is 2.09. The fraction of sp³-hybridized carbons (Fsp3) is 0. The summed E-state index contributed by atoms with van der Waals surface area (Å²) in [6.45, 7) is 0. The molecule has 0 atom stereocenters. The van der Waals surface area contributed by atoms with Crippen molar-refractivity contribution in [3.05, 3.63) is 39.2 Å². The molecule has 6 nitrogen and oxygen atoms in total. The topological polar surface area (TPSA) is 92.2 Å². The summed E-state index contributed by atoms with van der Waals surface area (Å²) in [4.78, 5) is 38.3. The molecule has 15 heavy (non-hydrogen) atoms. The predicted octanol–water partition coefficient (Wildman–Crippen LogP) is 1.13. The lowest BCUT2D eigenvalue weighted by molar-refractivity contribution is 0.111. The lowest BCUT2D eigenvalue weighted by Crippen LogP contribution is -2.14. The molecule has 1 heterocycles. The van der Waals surface area contributed by atoms with E-state index in [1.807, 2.05) is 0 Å². The van der Waals surface area contributed by atoms with Crippen molar-refractivity contribution in [2.45, 2.75) is 0 Å². The van der Waals surface area contributed by atoms with Crippen LogP contribution in [0.25, 0.3) is 11.0 Å². The average molecular weight is 203 g/mol. The zero-order valence-corrected chi connectivity index (χ0v) is 7.43. The van der Waals surface area contributed by atoms with E-state index in [-0.39, 0.29) is 16.9 Å². The van der Waals surface area contributed by atoms with E-state index < -0.39 is 5.56 Å². The second-order valence-electron chi connectivity index (χ2n) is 2.83. The van der Waals surface area contributed by atoms with Gasteiger partial charge in [0, 0.05) is 0 Å². The highest BCUT2D eigenvalue weighted by Gasteiger charge is 2.06. The van der Waals surface area contributed by atoms with E-state index in [0.29, 0.717) is 11.8 Å². The van der Waals surface area contributed by atoms with Crippen molar-refractivity contribution in [2.75, 3.05) is 0 Å². The highest BCUT2D eigenvalue weighted by Crippen LogP contribution is 2.20. The molecular weight excluding hydrogens is 198 g/mol. The van der Waals surface area contributed by atoms with Gasteiger partial charge in [-0.15, -0.1) is 4.91 Å². The molecule has 0 aliphatic rings. The van der Waals surface area contributed by atoms with Crippen LogP contribution in [0.4, 0.5) is 5.69 Å². The van der Waals surface area contributed by atoms with Crippen LogP contribution in [0, 0.1) is 4.91 Å². The van der Waals surface area contributed by atoms with Gasteiger partial charge in [0.25, 0.3) is 5.56 Å². The molecule has 0 saturated carbocycles. The van der Waals surface area contributed by atoms with Gasteiger partial charge >= 0.3 is 0 Å². The van der Waals surface area contributed by atoms with Gasteiger partial charge in [-0.3, -0.25) is 9.59 Å². The molecular formula is C9H5N3O3. The van der Waals surface area contributed by atoms with E-state index >= 15 is 0 Å². The molecule has 0 bridgehead atoms. The van der Waals surface area contributed by atoms with E-state index in [9.17, 15) is 14.5 Å². The van der Waals surface area contributed by atoms with E-state index in [0.717, 1.165) is 0 Å². The monoisotopic (exact) mass is 203 g/mol. The largest absolute Gasteiger partial charge is 0.317 e. The van der Waals surface area contributed by atoms with Gasteiger partial charge in [0.1, 0.15) is 5.69 Å². The third-order valence-electron chi connectivity index (χ3n) is 1.94. The number of nitrogens with one attached hydrogen (secondary N) is 1. The number of nitroso groups, excluding NO2 is 1. The van der Waals surface area contributed by atoms with Gasteiger partial charge in [0.15, 0.2) is 12.0 Å². The van der Waals surface area contributed by atoms with Crippen LogP contribution in [0.1, 0.15) is 10.5 Å². The number of hydrogen-bond donors (Lipinski definition) is 1. The summed E-state index contributed by atoms with van der Waals surface area (Å²) in [7, 11) is 0. The van der Waals surface area contributed by atoms with Crippen molar-refractivity contribution >= 4 is 23.0 Å². The number of rotatable bonds is 2. The minimum Gasteiger partial charge on any atom is -0.317 e. The number of nitrogens with zero attached hydrogens (tertiary/aromatic N) is 2. The molecule has 0 aliphatic carbocycles. The molecule has 74 valence electrons. The van der Waals surface area contributed by atoms with Gasteiger partial charge in [0.2, 0.25) is 0 Å². The lowest BCUT2D eigenvalue weighted by Gasteiger charge is -1.98. The maximum Gasteiger partial charge on any atom is 0.277 e. The Balaban J connectivity index is 2.92. The number of benzene rings is 1. The smallest absolute Gasteiger partial charge is 0.277 e. The number of hydrogen-bond acceptors (Lipinski definition) is 5. The second kappa shape index (κ2) is 3.41. The first kappa shape index (κ1) is 9.20. The molecule has 1 aromatic heterocycles. The van der Waals surface area contributed by atoms with Gasteiger partial charge in [-0.05, 0) is 17.3 Å². The van der Waals surface area contributed by atoms with Crippen molar-refractivity contribution in [1.82, 2.24) is 9.97 Å². The maximum absolute atomic E-state index is 11.2. The minimum absolute atomic E-state index is 0.0922. The molecule has 0 fully saturated rings. The Morgan fingerprint density at radius 3 is 2.87 bits per heavy atom. The van der Waals surface area contributed by atoms with Crippen molar-refractivity contribution in [3.8, 4) is 0 Å². The highest BCUT2D eigenvalue weighted by atomic mass is 16.3. The zero-order valence-electron chi connectivity index (χ0n) is 7.43. The molecule has 2 rings (SSSR count). The molecule has 1 aromatic carbocycles. The van der Waals surface area contributed by atoms with Crippen LogP contribution in [0.15, 0.2) is 28.2 Å². The molecule has 0 radical (unpaired) electrons. The number of carbonyl (C=O) groups is 1. The molecule has 0 spiro atoms. The van der Waals surface area contributed by atoms with Crippen molar-refractivity contribution < 1.29 is 4.79 Å². The van der Waals surface area contributed by atoms with E-state index in [4.69, 9.17) is 0 Å². The Labute approximate surface area is 82.9 Å². The van der Waals surface area contributed by atoms with Crippen LogP contribution in [0.2, 0.25) is 0 Å². The highest BCUT2D eigenvalue weighted by molar-refractivity contribution is 5.87. The van der Waals surface area contributed by atoms with Gasteiger partial charge < -0.3 is 4.98 Å². The van der Waals surface area contributed by atoms with E-state index in [2.05, 4.69) is 15.1 Å². The number of H-pyrrole nitrogens is 1. The quantitative estimate of drug-likeness (QED) is 0.584. The van der Waals surface area contributed by atoms with Gasteiger partial charge in [-0.1, -0.05) is 6.07 Å². The standard InChI is InChI=1S/C9H5N3O3/c13-4-7-9(14)11-8-5(10-7)2-1-3-6(8)12-15/h1-4H,(H,11,14). The third-order valence-corrected chi connectivity index (χ3v) is 1.94. The summed E-state index contributed by atoms with van der Waals surface area (Å²) in [5.41, 5.74) is -0.161. The van der Waals surface area contributed by atoms with Crippen molar-refractivity contribution in [3.63, 3.8) is 0 Å². The summed E-state index contributed by atoms with van der Waals surface area (Å²) in [6.07, 6.45) is 0.360. The normalized spacial score (nSPS) is 10.1. The number of carbonyl (C=O) groups excluding carboxylic acids is 1. The fourth-order valence-electron chi connectivity index (χ4n) is 1.26. The van der Waals surface area contributed by atoms with Crippen LogP contribution in [0.3, 0.4) is 0 Å². The molecule has 1 N–H and O–H groups in total. The Bertz CT molecular complexity index is 603. The first-order valence-corrected chi connectivity index (χ1v) is 4.08. The van der Waals surface area contributed by atoms with E-state index in [1.165, 1.54) is 6.07 Å². The van der Waals surface area contributed by atoms with Gasteiger partial charge in [0.05, 0.1) is 11.0 Å². The molecule has 6 heteroatoms.